The van der Waals surface area contributed by atoms with Crippen LogP contribution in [0.3, 0.4) is 0 Å². The zero-order chi connectivity index (χ0) is 10.7. The van der Waals surface area contributed by atoms with E-state index in [1.807, 2.05) is 31.4 Å². The van der Waals surface area contributed by atoms with Crippen molar-refractivity contribution in [2.75, 3.05) is 0 Å². The molecule has 0 fully saturated rings. The van der Waals surface area contributed by atoms with Crippen molar-refractivity contribution in [3.8, 4) is 0 Å². The standard InChI is InChI=1S/C11H14N4/c1-15-11(4-6-14-15)10(12)7-9-3-2-5-13-8-9/h2-6,8,10H,7,12H2,1H3. The zero-order valence-electron chi connectivity index (χ0n) is 8.67. The molecule has 15 heavy (non-hydrogen) atoms. The molecule has 0 aliphatic heterocycles. The largest absolute Gasteiger partial charge is 0.322 e. The number of aryl methyl sites for hydroxylation is 1. The Morgan fingerprint density at radius 1 is 1.40 bits per heavy atom. The second-order valence-corrected chi connectivity index (χ2v) is 3.55. The van der Waals surface area contributed by atoms with Crippen molar-refractivity contribution < 1.29 is 0 Å². The lowest BCUT2D eigenvalue weighted by atomic mass is 10.1. The molecule has 2 aromatic heterocycles. The van der Waals surface area contributed by atoms with E-state index in [2.05, 4.69) is 10.1 Å². The number of rotatable bonds is 3. The van der Waals surface area contributed by atoms with E-state index in [0.717, 1.165) is 17.7 Å². The molecule has 0 saturated heterocycles. The summed E-state index contributed by atoms with van der Waals surface area (Å²) in [6, 6.07) is 5.87. The topological polar surface area (TPSA) is 56.7 Å². The number of aromatic nitrogens is 3. The Morgan fingerprint density at radius 2 is 2.27 bits per heavy atom. The lowest BCUT2D eigenvalue weighted by molar-refractivity contribution is 0.616. The maximum atomic E-state index is 6.08. The van der Waals surface area contributed by atoms with E-state index in [1.165, 1.54) is 0 Å². The Labute approximate surface area is 88.8 Å². The van der Waals surface area contributed by atoms with Crippen LogP contribution < -0.4 is 5.73 Å². The molecule has 0 bridgehead atoms. The van der Waals surface area contributed by atoms with Gasteiger partial charge in [0.05, 0.1) is 11.7 Å². The predicted molar refractivity (Wildman–Crippen MR) is 58.1 cm³/mol. The molecule has 0 amide bonds. The summed E-state index contributed by atoms with van der Waals surface area (Å²) in [6.07, 6.45) is 6.15. The molecular weight excluding hydrogens is 188 g/mol. The number of hydrogen-bond acceptors (Lipinski definition) is 3. The maximum Gasteiger partial charge on any atom is 0.0551 e. The lowest BCUT2D eigenvalue weighted by Crippen LogP contribution is -2.17. The molecule has 4 heteroatoms. The summed E-state index contributed by atoms with van der Waals surface area (Å²) in [7, 11) is 1.90. The minimum atomic E-state index is -0.0262. The fraction of sp³-hybridized carbons (Fsp3) is 0.273. The molecular formula is C11H14N4. The Morgan fingerprint density at radius 3 is 2.87 bits per heavy atom. The van der Waals surface area contributed by atoms with Gasteiger partial charge in [0.15, 0.2) is 0 Å². The van der Waals surface area contributed by atoms with Gasteiger partial charge in [-0.1, -0.05) is 6.07 Å². The van der Waals surface area contributed by atoms with Crippen LogP contribution >= 0.6 is 0 Å². The highest BCUT2D eigenvalue weighted by atomic mass is 15.3. The van der Waals surface area contributed by atoms with Gasteiger partial charge in [0.1, 0.15) is 0 Å². The summed E-state index contributed by atoms with van der Waals surface area (Å²) >= 11 is 0. The van der Waals surface area contributed by atoms with Gasteiger partial charge in [-0.05, 0) is 24.1 Å². The molecule has 0 spiro atoms. The molecule has 2 N–H and O–H groups in total. The smallest absolute Gasteiger partial charge is 0.0551 e. The fourth-order valence-electron chi connectivity index (χ4n) is 1.63. The van der Waals surface area contributed by atoms with Gasteiger partial charge >= 0.3 is 0 Å². The summed E-state index contributed by atoms with van der Waals surface area (Å²) < 4.78 is 1.81. The molecule has 0 radical (unpaired) electrons. The second-order valence-electron chi connectivity index (χ2n) is 3.55. The molecule has 0 saturated carbocycles. The molecule has 2 aromatic rings. The van der Waals surface area contributed by atoms with Crippen LogP contribution in [-0.2, 0) is 13.5 Å². The minimum Gasteiger partial charge on any atom is -0.322 e. The number of pyridine rings is 1. The number of hydrogen-bond donors (Lipinski definition) is 1. The van der Waals surface area contributed by atoms with Crippen LogP contribution in [0, 0.1) is 0 Å². The van der Waals surface area contributed by atoms with E-state index in [4.69, 9.17) is 5.73 Å². The SMILES string of the molecule is Cn1nccc1C(N)Cc1cccnc1. The fourth-order valence-corrected chi connectivity index (χ4v) is 1.63. The van der Waals surface area contributed by atoms with Gasteiger partial charge in [-0.25, -0.2) is 0 Å². The van der Waals surface area contributed by atoms with Crippen LogP contribution in [-0.4, -0.2) is 14.8 Å². The van der Waals surface area contributed by atoms with Gasteiger partial charge in [0.2, 0.25) is 0 Å². The van der Waals surface area contributed by atoms with Crippen molar-refractivity contribution in [2.24, 2.45) is 12.8 Å². The molecule has 1 atom stereocenters. The number of nitrogens with two attached hydrogens (primary N) is 1. The van der Waals surface area contributed by atoms with Crippen molar-refractivity contribution in [3.05, 3.63) is 48.0 Å². The molecule has 2 rings (SSSR count). The van der Waals surface area contributed by atoms with Crippen LogP contribution in [0.1, 0.15) is 17.3 Å². The monoisotopic (exact) mass is 202 g/mol. The number of nitrogens with zero attached hydrogens (tertiary/aromatic N) is 3. The maximum absolute atomic E-state index is 6.08. The van der Waals surface area contributed by atoms with Crippen LogP contribution in [0.25, 0.3) is 0 Å². The van der Waals surface area contributed by atoms with E-state index in [-0.39, 0.29) is 6.04 Å². The summed E-state index contributed by atoms with van der Waals surface area (Å²) in [6.45, 7) is 0. The summed E-state index contributed by atoms with van der Waals surface area (Å²) in [5.74, 6) is 0. The first-order valence-electron chi connectivity index (χ1n) is 4.90. The summed E-state index contributed by atoms with van der Waals surface area (Å²) in [4.78, 5) is 4.06. The van der Waals surface area contributed by atoms with Gasteiger partial charge in [-0.15, -0.1) is 0 Å². The van der Waals surface area contributed by atoms with E-state index in [1.54, 1.807) is 17.1 Å². The van der Waals surface area contributed by atoms with Crippen molar-refractivity contribution in [2.45, 2.75) is 12.5 Å². The molecule has 0 aliphatic rings. The third-order valence-corrected chi connectivity index (χ3v) is 2.42. The Kier molecular flexibility index (Phi) is 2.78. The third-order valence-electron chi connectivity index (χ3n) is 2.42. The molecule has 1 unspecified atom stereocenters. The first-order chi connectivity index (χ1) is 7.27. The van der Waals surface area contributed by atoms with Gasteiger partial charge in [-0.2, -0.15) is 5.10 Å². The van der Waals surface area contributed by atoms with E-state index in [9.17, 15) is 0 Å². The van der Waals surface area contributed by atoms with Crippen LogP contribution in [0.4, 0.5) is 0 Å². The molecule has 0 aliphatic carbocycles. The zero-order valence-corrected chi connectivity index (χ0v) is 8.67. The summed E-state index contributed by atoms with van der Waals surface area (Å²) in [5, 5.41) is 4.10. The third kappa shape index (κ3) is 2.22. The summed E-state index contributed by atoms with van der Waals surface area (Å²) in [5.41, 5.74) is 8.27. The van der Waals surface area contributed by atoms with Gasteiger partial charge in [0, 0.05) is 25.6 Å². The van der Waals surface area contributed by atoms with Gasteiger partial charge in [-0.3, -0.25) is 9.67 Å². The quantitative estimate of drug-likeness (QED) is 0.809. The van der Waals surface area contributed by atoms with Crippen molar-refractivity contribution in [1.82, 2.24) is 14.8 Å². The Bertz CT molecular complexity index is 421. The van der Waals surface area contributed by atoms with E-state index in [0.29, 0.717) is 0 Å². The molecule has 78 valence electrons. The van der Waals surface area contributed by atoms with Crippen LogP contribution in [0.5, 0.6) is 0 Å². The van der Waals surface area contributed by atoms with Gasteiger partial charge in [0.25, 0.3) is 0 Å². The van der Waals surface area contributed by atoms with Crippen molar-refractivity contribution in [3.63, 3.8) is 0 Å². The highest BCUT2D eigenvalue weighted by molar-refractivity contribution is 5.15. The van der Waals surface area contributed by atoms with Crippen molar-refractivity contribution >= 4 is 0 Å². The van der Waals surface area contributed by atoms with Crippen molar-refractivity contribution in [1.29, 1.82) is 0 Å². The van der Waals surface area contributed by atoms with Crippen LogP contribution in [0.2, 0.25) is 0 Å². The average Bonchev–Trinajstić information content (AvgIpc) is 2.66. The second kappa shape index (κ2) is 4.23. The normalized spacial score (nSPS) is 12.7. The Balaban J connectivity index is 2.11. The highest BCUT2D eigenvalue weighted by Gasteiger charge is 2.10. The molecule has 2 heterocycles. The first kappa shape index (κ1) is 9.86. The Hall–Kier alpha value is -1.68. The molecule has 0 aromatic carbocycles. The highest BCUT2D eigenvalue weighted by Crippen LogP contribution is 2.13. The van der Waals surface area contributed by atoms with Gasteiger partial charge < -0.3 is 5.73 Å². The van der Waals surface area contributed by atoms with Crippen LogP contribution in [0.15, 0.2) is 36.8 Å². The first-order valence-corrected chi connectivity index (χ1v) is 4.90. The van der Waals surface area contributed by atoms with E-state index >= 15 is 0 Å². The van der Waals surface area contributed by atoms with E-state index < -0.39 is 0 Å². The lowest BCUT2D eigenvalue weighted by Gasteiger charge is -2.11. The molecule has 4 nitrogen and oxygen atoms in total. The average molecular weight is 202 g/mol. The minimum absolute atomic E-state index is 0.0262. The predicted octanol–water partition coefficient (Wildman–Crippen LogP) is 1.06.